The molecule has 2 aromatic rings. The molecule has 0 amide bonds. The van der Waals surface area contributed by atoms with Crippen LogP contribution in [0.15, 0.2) is 58.1 Å². The van der Waals surface area contributed by atoms with Gasteiger partial charge in [0.1, 0.15) is 18.2 Å². The second-order valence-electron chi connectivity index (χ2n) is 5.98. The van der Waals surface area contributed by atoms with Gasteiger partial charge in [0.25, 0.3) is 0 Å². The minimum atomic E-state index is -0.596. The molecule has 1 aliphatic rings. The van der Waals surface area contributed by atoms with Crippen molar-refractivity contribution in [1.29, 1.82) is 0 Å². The largest absolute Gasteiger partial charge is 0.476 e. The Bertz CT molecular complexity index is 768. The summed E-state index contributed by atoms with van der Waals surface area (Å²) < 4.78 is 11.3. The van der Waals surface area contributed by atoms with Crippen LogP contribution in [0.25, 0.3) is 0 Å². The van der Waals surface area contributed by atoms with E-state index in [1.807, 2.05) is 30.0 Å². The molecular formula is C18H22N4O3. The van der Waals surface area contributed by atoms with Crippen molar-refractivity contribution < 1.29 is 14.3 Å². The molecule has 3 rings (SSSR count). The number of amidine groups is 1. The summed E-state index contributed by atoms with van der Waals surface area (Å²) in [4.78, 5) is 10.9. The van der Waals surface area contributed by atoms with Crippen molar-refractivity contribution in [3.63, 3.8) is 0 Å². The maximum atomic E-state index is 9.56. The molecule has 3 heterocycles. The molecule has 132 valence electrons. The normalized spacial score (nSPS) is 18.5. The Labute approximate surface area is 146 Å². The standard InChI is InChI=1S/C18H22N4O3/c1-12-5-3-7-20-14(12)10-22-17(25-11-13(2)23)9-16(19)21-18(22)15-6-4-8-24-15/h3-9,13,18,23H,10-11H2,1-2H3,(H2,19,21)/t13-,18?/m1/s1. The number of nitrogens with zero attached hydrogens (tertiary/aromatic N) is 3. The van der Waals surface area contributed by atoms with Crippen LogP contribution >= 0.6 is 0 Å². The number of furan rings is 1. The van der Waals surface area contributed by atoms with E-state index in [1.165, 1.54) is 0 Å². The fraction of sp³-hybridized carbons (Fsp3) is 0.333. The lowest BCUT2D eigenvalue weighted by atomic mass is 10.2. The van der Waals surface area contributed by atoms with Gasteiger partial charge in [0.05, 0.1) is 24.6 Å². The number of hydrogen-bond donors (Lipinski definition) is 2. The lowest BCUT2D eigenvalue weighted by molar-refractivity contribution is 0.0247. The second kappa shape index (κ2) is 7.40. The third-order valence-corrected chi connectivity index (χ3v) is 3.83. The van der Waals surface area contributed by atoms with Crippen molar-refractivity contribution in [2.24, 2.45) is 10.7 Å². The summed E-state index contributed by atoms with van der Waals surface area (Å²) in [5.74, 6) is 1.53. The summed E-state index contributed by atoms with van der Waals surface area (Å²) in [5, 5.41) is 9.56. The smallest absolute Gasteiger partial charge is 0.195 e. The van der Waals surface area contributed by atoms with Crippen LogP contribution in [0, 0.1) is 6.92 Å². The molecule has 1 unspecified atom stereocenters. The number of aromatic nitrogens is 1. The minimum Gasteiger partial charge on any atom is -0.476 e. The van der Waals surface area contributed by atoms with Gasteiger partial charge < -0.3 is 24.9 Å². The summed E-state index contributed by atoms with van der Waals surface area (Å²) in [6.45, 7) is 4.30. The van der Waals surface area contributed by atoms with Gasteiger partial charge in [-0.1, -0.05) is 6.07 Å². The van der Waals surface area contributed by atoms with Crippen LogP contribution in [0.4, 0.5) is 0 Å². The van der Waals surface area contributed by atoms with E-state index in [4.69, 9.17) is 14.9 Å². The van der Waals surface area contributed by atoms with Gasteiger partial charge in [-0.15, -0.1) is 0 Å². The maximum Gasteiger partial charge on any atom is 0.195 e. The van der Waals surface area contributed by atoms with Crippen molar-refractivity contribution in [2.75, 3.05) is 6.61 Å². The first kappa shape index (κ1) is 17.0. The van der Waals surface area contributed by atoms with Crippen LogP contribution in [0.3, 0.4) is 0 Å². The first-order valence-electron chi connectivity index (χ1n) is 8.11. The van der Waals surface area contributed by atoms with Crippen molar-refractivity contribution >= 4 is 5.84 Å². The van der Waals surface area contributed by atoms with Crippen LogP contribution in [-0.2, 0) is 11.3 Å². The quantitative estimate of drug-likeness (QED) is 0.834. The van der Waals surface area contributed by atoms with Crippen molar-refractivity contribution in [1.82, 2.24) is 9.88 Å². The van der Waals surface area contributed by atoms with Gasteiger partial charge in [-0.05, 0) is 37.6 Å². The SMILES string of the molecule is Cc1cccnc1CN1C(OC[C@@H](C)O)=CC(N)=NC1c1ccco1. The predicted molar refractivity (Wildman–Crippen MR) is 93.3 cm³/mol. The van der Waals surface area contributed by atoms with E-state index < -0.39 is 12.3 Å². The number of ether oxygens (including phenoxy) is 1. The minimum absolute atomic E-state index is 0.154. The number of aliphatic hydroxyl groups is 1. The first-order valence-corrected chi connectivity index (χ1v) is 8.11. The molecule has 0 saturated heterocycles. The predicted octanol–water partition coefficient (Wildman–Crippen LogP) is 2.09. The molecule has 2 atom stereocenters. The number of nitrogens with two attached hydrogens (primary N) is 1. The molecule has 3 N–H and O–H groups in total. The number of aliphatic hydroxyl groups excluding tert-OH is 1. The lowest BCUT2D eigenvalue weighted by Gasteiger charge is -2.34. The number of rotatable bonds is 6. The second-order valence-corrected chi connectivity index (χ2v) is 5.98. The third kappa shape index (κ3) is 4.00. The topological polar surface area (TPSA) is 97.1 Å². The van der Waals surface area contributed by atoms with Crippen LogP contribution in [0.1, 0.15) is 30.1 Å². The molecule has 0 fully saturated rings. The average molecular weight is 342 g/mol. The Morgan fingerprint density at radius 2 is 2.24 bits per heavy atom. The van der Waals surface area contributed by atoms with Crippen LogP contribution in [0.5, 0.6) is 0 Å². The maximum absolute atomic E-state index is 9.56. The van der Waals surface area contributed by atoms with E-state index in [2.05, 4.69) is 9.98 Å². The van der Waals surface area contributed by atoms with Crippen molar-refractivity contribution in [3.8, 4) is 0 Å². The molecule has 7 nitrogen and oxygen atoms in total. The van der Waals surface area contributed by atoms with Gasteiger partial charge in [0.2, 0.25) is 0 Å². The van der Waals surface area contributed by atoms with E-state index in [0.29, 0.717) is 24.0 Å². The highest BCUT2D eigenvalue weighted by Gasteiger charge is 2.30. The highest BCUT2D eigenvalue weighted by atomic mass is 16.5. The molecule has 0 radical (unpaired) electrons. The Kier molecular flexibility index (Phi) is 5.04. The molecule has 0 bridgehead atoms. The van der Waals surface area contributed by atoms with E-state index in [-0.39, 0.29) is 6.61 Å². The number of aliphatic imine (C=N–C) groups is 1. The third-order valence-electron chi connectivity index (χ3n) is 3.83. The highest BCUT2D eigenvalue weighted by Crippen LogP contribution is 2.32. The van der Waals surface area contributed by atoms with Crippen LogP contribution < -0.4 is 5.73 Å². The van der Waals surface area contributed by atoms with Gasteiger partial charge in [-0.3, -0.25) is 4.98 Å². The molecule has 7 heteroatoms. The molecule has 25 heavy (non-hydrogen) atoms. The summed E-state index contributed by atoms with van der Waals surface area (Å²) in [6, 6.07) is 7.55. The Morgan fingerprint density at radius 1 is 1.40 bits per heavy atom. The van der Waals surface area contributed by atoms with Crippen molar-refractivity contribution in [2.45, 2.75) is 32.7 Å². The summed E-state index contributed by atoms with van der Waals surface area (Å²) >= 11 is 0. The lowest BCUT2D eigenvalue weighted by Crippen LogP contribution is -2.35. The number of hydrogen-bond acceptors (Lipinski definition) is 7. The molecule has 0 saturated carbocycles. The van der Waals surface area contributed by atoms with Gasteiger partial charge >= 0.3 is 0 Å². The van der Waals surface area contributed by atoms with Gasteiger partial charge in [0, 0.05) is 12.3 Å². The Hall–Kier alpha value is -2.80. The van der Waals surface area contributed by atoms with Gasteiger partial charge in [-0.2, -0.15) is 0 Å². The Balaban J connectivity index is 1.94. The summed E-state index contributed by atoms with van der Waals surface area (Å²) in [7, 11) is 0. The monoisotopic (exact) mass is 342 g/mol. The van der Waals surface area contributed by atoms with Gasteiger partial charge in [-0.25, -0.2) is 4.99 Å². The zero-order valence-corrected chi connectivity index (χ0v) is 14.3. The molecule has 2 aromatic heterocycles. The van der Waals surface area contributed by atoms with E-state index >= 15 is 0 Å². The van der Waals surface area contributed by atoms with Crippen molar-refractivity contribution in [3.05, 3.63) is 65.7 Å². The van der Waals surface area contributed by atoms with E-state index in [9.17, 15) is 5.11 Å². The Morgan fingerprint density at radius 3 is 2.92 bits per heavy atom. The van der Waals surface area contributed by atoms with Crippen LogP contribution in [0.2, 0.25) is 0 Å². The van der Waals surface area contributed by atoms with E-state index in [0.717, 1.165) is 11.3 Å². The highest BCUT2D eigenvalue weighted by molar-refractivity contribution is 5.92. The summed E-state index contributed by atoms with van der Waals surface area (Å²) in [5.41, 5.74) is 7.93. The summed E-state index contributed by atoms with van der Waals surface area (Å²) in [6.07, 6.45) is 3.96. The fourth-order valence-electron chi connectivity index (χ4n) is 2.57. The molecule has 0 aromatic carbocycles. The number of aryl methyl sites for hydroxylation is 1. The van der Waals surface area contributed by atoms with E-state index in [1.54, 1.807) is 31.5 Å². The first-order chi connectivity index (χ1) is 12.0. The van der Waals surface area contributed by atoms with Gasteiger partial charge in [0.15, 0.2) is 12.0 Å². The molecule has 0 aliphatic carbocycles. The molecular weight excluding hydrogens is 320 g/mol. The fourth-order valence-corrected chi connectivity index (χ4v) is 2.57. The zero-order chi connectivity index (χ0) is 17.8. The molecule has 1 aliphatic heterocycles. The average Bonchev–Trinajstić information content (AvgIpc) is 3.10. The number of pyridine rings is 1. The molecule has 0 spiro atoms. The van der Waals surface area contributed by atoms with Crippen LogP contribution in [-0.4, -0.2) is 33.5 Å². The zero-order valence-electron chi connectivity index (χ0n) is 14.3.